The van der Waals surface area contributed by atoms with E-state index < -0.39 is 47.9 Å². The molecule has 1 aliphatic carbocycles. The molecule has 1 saturated heterocycles. The summed E-state index contributed by atoms with van der Waals surface area (Å²) in [6, 6.07) is 0.876. The number of halogens is 5. The Bertz CT molecular complexity index is 1230. The van der Waals surface area contributed by atoms with Gasteiger partial charge in [0.15, 0.2) is 11.6 Å². The number of aromatic nitrogens is 2. The number of nitrogens with zero attached hydrogens (tertiary/aromatic N) is 4. The fourth-order valence-corrected chi connectivity index (χ4v) is 4.27. The third-order valence-corrected chi connectivity index (χ3v) is 6.13. The van der Waals surface area contributed by atoms with E-state index >= 15 is 4.39 Å². The average Bonchev–Trinajstić information content (AvgIpc) is 3.56. The maximum absolute atomic E-state index is 15.1. The van der Waals surface area contributed by atoms with Crippen LogP contribution in [0.5, 0.6) is 0 Å². The molecule has 2 atom stereocenters. The van der Waals surface area contributed by atoms with Gasteiger partial charge in [-0.25, -0.2) is 18.6 Å². The van der Waals surface area contributed by atoms with E-state index in [4.69, 9.17) is 4.74 Å². The van der Waals surface area contributed by atoms with Crippen LogP contribution in [0, 0.1) is 11.7 Å². The zero-order valence-corrected chi connectivity index (χ0v) is 18.9. The minimum atomic E-state index is -5.08. The van der Waals surface area contributed by atoms with E-state index in [1.54, 1.807) is 11.5 Å². The van der Waals surface area contributed by atoms with Crippen LogP contribution in [0.1, 0.15) is 36.2 Å². The number of hydrogen-bond donors (Lipinski definition) is 0. The summed E-state index contributed by atoms with van der Waals surface area (Å²) < 4.78 is 74.3. The summed E-state index contributed by atoms with van der Waals surface area (Å²) in [6.07, 6.45) is -3.87. The predicted molar refractivity (Wildman–Crippen MR) is 114 cm³/mol. The molecule has 0 radical (unpaired) electrons. The van der Waals surface area contributed by atoms with Crippen LogP contribution in [0.2, 0.25) is 0 Å². The number of hydrogen-bond acceptors (Lipinski definition) is 6. The van der Waals surface area contributed by atoms with Crippen molar-refractivity contribution in [2.24, 2.45) is 5.92 Å². The quantitative estimate of drug-likeness (QED) is 0.446. The van der Waals surface area contributed by atoms with Gasteiger partial charge in [-0.1, -0.05) is 0 Å². The molecule has 8 nitrogen and oxygen atoms in total. The predicted octanol–water partition coefficient (Wildman–Crippen LogP) is 2.84. The molecule has 2 aromatic rings. The smallest absolute Gasteiger partial charge is 0.462 e. The Morgan fingerprint density at radius 2 is 1.94 bits per heavy atom. The van der Waals surface area contributed by atoms with Gasteiger partial charge in [0.05, 0.1) is 18.5 Å². The molecule has 2 unspecified atom stereocenters. The molecule has 2 aliphatic rings. The Hall–Kier alpha value is -3.25. The molecule has 0 aromatic carbocycles. The van der Waals surface area contributed by atoms with Crippen molar-refractivity contribution >= 4 is 28.7 Å². The lowest BCUT2D eigenvalue weighted by Crippen LogP contribution is -2.42. The number of esters is 1. The number of anilines is 1. The molecule has 0 N–H and O–H groups in total. The highest BCUT2D eigenvalue weighted by Gasteiger charge is 2.44. The second-order valence-electron chi connectivity index (χ2n) is 8.76. The van der Waals surface area contributed by atoms with Gasteiger partial charge in [-0.3, -0.25) is 9.59 Å². The fourth-order valence-electron chi connectivity index (χ4n) is 4.27. The molecule has 1 amide bonds. The lowest BCUT2D eigenvalue weighted by Gasteiger charge is -2.23. The van der Waals surface area contributed by atoms with Crippen molar-refractivity contribution in [1.82, 2.24) is 14.5 Å². The van der Waals surface area contributed by atoms with Crippen molar-refractivity contribution < 1.29 is 36.3 Å². The molecule has 2 aromatic heterocycles. The summed E-state index contributed by atoms with van der Waals surface area (Å²) in [7, 11) is 0.926. The molecule has 35 heavy (non-hydrogen) atoms. The van der Waals surface area contributed by atoms with E-state index in [9.17, 15) is 31.9 Å². The number of ether oxygens (including phenoxy) is 1. The van der Waals surface area contributed by atoms with Crippen LogP contribution in [0.4, 0.5) is 27.8 Å². The number of amides is 1. The Labute approximate surface area is 196 Å². The summed E-state index contributed by atoms with van der Waals surface area (Å²) in [5, 5.41) is -0.133. The number of alkyl halides is 4. The zero-order chi connectivity index (χ0) is 25.7. The van der Waals surface area contributed by atoms with E-state index in [-0.39, 0.29) is 48.2 Å². The first kappa shape index (κ1) is 24.9. The minimum absolute atomic E-state index is 0.0512. The molecule has 13 heteroatoms. The van der Waals surface area contributed by atoms with E-state index in [2.05, 4.69) is 4.98 Å². The Morgan fingerprint density at radius 3 is 2.54 bits per heavy atom. The average molecular weight is 502 g/mol. The topological polar surface area (TPSA) is 84.7 Å². The Morgan fingerprint density at radius 1 is 1.26 bits per heavy atom. The van der Waals surface area contributed by atoms with E-state index in [0.717, 1.165) is 26.0 Å². The highest BCUT2D eigenvalue weighted by molar-refractivity contribution is 5.93. The normalized spacial score (nSPS) is 20.4. The van der Waals surface area contributed by atoms with Gasteiger partial charge < -0.3 is 19.1 Å². The van der Waals surface area contributed by atoms with Gasteiger partial charge in [0.25, 0.3) is 0 Å². The first-order valence-corrected chi connectivity index (χ1v) is 11.1. The molecule has 4 rings (SSSR count). The van der Waals surface area contributed by atoms with Gasteiger partial charge in [0.2, 0.25) is 5.43 Å². The van der Waals surface area contributed by atoms with Crippen molar-refractivity contribution in [1.29, 1.82) is 0 Å². The number of fused-ring (bicyclic) bond motifs is 1. The van der Waals surface area contributed by atoms with Crippen LogP contribution in [0.25, 0.3) is 11.0 Å². The van der Waals surface area contributed by atoms with Crippen LogP contribution >= 0.6 is 0 Å². The van der Waals surface area contributed by atoms with Crippen LogP contribution < -0.4 is 10.3 Å². The lowest BCUT2D eigenvalue weighted by molar-refractivity contribution is -0.184. The molecular formula is C22H23F5N4O4. The Balaban J connectivity index is 1.67. The molecular weight excluding hydrogens is 479 g/mol. The van der Waals surface area contributed by atoms with Crippen molar-refractivity contribution in [2.45, 2.75) is 38.2 Å². The molecule has 3 heterocycles. The number of pyridine rings is 2. The molecule has 1 aliphatic heterocycles. The van der Waals surface area contributed by atoms with Crippen molar-refractivity contribution in [2.75, 3.05) is 38.2 Å². The second-order valence-corrected chi connectivity index (χ2v) is 8.76. The molecule has 190 valence electrons. The van der Waals surface area contributed by atoms with E-state index in [1.807, 2.05) is 0 Å². The van der Waals surface area contributed by atoms with Gasteiger partial charge in [-0.2, -0.15) is 13.2 Å². The van der Waals surface area contributed by atoms with Crippen LogP contribution in [0.3, 0.4) is 0 Å². The lowest BCUT2D eigenvalue weighted by atomic mass is 10.1. The van der Waals surface area contributed by atoms with Gasteiger partial charge in [0.1, 0.15) is 17.4 Å². The van der Waals surface area contributed by atoms with Crippen LogP contribution in [-0.4, -0.2) is 72.0 Å². The van der Waals surface area contributed by atoms with Crippen molar-refractivity contribution in [3.63, 3.8) is 0 Å². The number of carbonyl (C=O) groups is 2. The van der Waals surface area contributed by atoms with Crippen molar-refractivity contribution in [3.8, 4) is 0 Å². The van der Waals surface area contributed by atoms with Crippen molar-refractivity contribution in [3.05, 3.63) is 33.9 Å². The zero-order valence-electron chi connectivity index (χ0n) is 18.9. The number of rotatable bonds is 6. The summed E-state index contributed by atoms with van der Waals surface area (Å²) in [6.45, 7) is 0.601. The largest absolute Gasteiger partial charge is 0.471 e. The second kappa shape index (κ2) is 9.08. The molecule has 2 fully saturated rings. The summed E-state index contributed by atoms with van der Waals surface area (Å²) in [5.74, 6) is -5.13. The summed E-state index contributed by atoms with van der Waals surface area (Å²) in [4.78, 5) is 42.4. The van der Waals surface area contributed by atoms with Gasteiger partial charge >= 0.3 is 18.1 Å². The van der Waals surface area contributed by atoms with Gasteiger partial charge in [0, 0.05) is 38.3 Å². The van der Waals surface area contributed by atoms with Crippen LogP contribution in [-0.2, 0) is 9.53 Å². The Kier molecular flexibility index (Phi) is 6.45. The minimum Gasteiger partial charge on any atom is -0.462 e. The first-order chi connectivity index (χ1) is 16.4. The third kappa shape index (κ3) is 4.80. The maximum atomic E-state index is 15.1. The fraction of sp³-hybridized carbons (Fsp3) is 0.545. The van der Waals surface area contributed by atoms with E-state index in [1.165, 1.54) is 11.1 Å². The highest BCUT2D eigenvalue weighted by Crippen LogP contribution is 2.37. The first-order valence-electron chi connectivity index (χ1n) is 11.1. The molecule has 0 bridgehead atoms. The molecule has 0 spiro atoms. The highest BCUT2D eigenvalue weighted by atomic mass is 19.4. The SMILES string of the molecule is CCOC(=O)c1cn(C2CC2)c2nc(N3CC(F)C(CN(C)C(=O)C(F)(F)F)C3)c(F)cc2c1=O. The third-order valence-electron chi connectivity index (χ3n) is 6.13. The van der Waals surface area contributed by atoms with Gasteiger partial charge in [-0.05, 0) is 25.8 Å². The standard InChI is InChI=1S/C22H23F5N4O4/c1-3-35-20(33)14-9-31(12-4-5-12)18-13(17(14)32)6-15(23)19(28-18)30-8-11(16(24)10-30)7-29(2)21(34)22(25,26)27/h6,9,11-12,16H,3-5,7-8,10H2,1-2H3. The maximum Gasteiger partial charge on any atom is 0.471 e. The van der Waals surface area contributed by atoms with Crippen LogP contribution in [0.15, 0.2) is 17.1 Å². The monoisotopic (exact) mass is 502 g/mol. The van der Waals surface area contributed by atoms with Gasteiger partial charge in [-0.15, -0.1) is 0 Å². The van der Waals surface area contributed by atoms with E-state index in [0.29, 0.717) is 4.90 Å². The summed E-state index contributed by atoms with van der Waals surface area (Å²) in [5.41, 5.74) is -0.879. The summed E-state index contributed by atoms with van der Waals surface area (Å²) >= 11 is 0. The molecule has 1 saturated carbocycles. The number of carbonyl (C=O) groups excluding carboxylic acids is 2.